The van der Waals surface area contributed by atoms with Gasteiger partial charge in [0.05, 0.1) is 0 Å². The van der Waals surface area contributed by atoms with Crippen LogP contribution in [0.1, 0.15) is 43.2 Å². The van der Waals surface area contributed by atoms with Gasteiger partial charge in [0.15, 0.2) is 0 Å². The summed E-state index contributed by atoms with van der Waals surface area (Å²) in [6, 6.07) is 9.62. The topological polar surface area (TPSA) is 27.3 Å². The van der Waals surface area contributed by atoms with Crippen LogP contribution in [0.4, 0.5) is 0 Å². The van der Waals surface area contributed by atoms with Gasteiger partial charge in [0.2, 0.25) is 0 Å². The van der Waals surface area contributed by atoms with E-state index in [0.717, 1.165) is 12.5 Å². The molecule has 2 N–H and O–H groups in total. The third kappa shape index (κ3) is 3.47. The number of likely N-dealkylation sites (tertiary alicyclic amines) is 1. The molecule has 3 unspecified atom stereocenters. The first-order valence-corrected chi connectivity index (χ1v) is 8.55. The molecule has 116 valence electrons. The van der Waals surface area contributed by atoms with Crippen molar-refractivity contribution >= 4 is 0 Å². The van der Waals surface area contributed by atoms with Crippen molar-refractivity contribution in [1.82, 2.24) is 15.8 Å². The summed E-state index contributed by atoms with van der Waals surface area (Å²) >= 11 is 0. The van der Waals surface area contributed by atoms with Crippen molar-refractivity contribution in [1.29, 1.82) is 0 Å². The van der Waals surface area contributed by atoms with Crippen molar-refractivity contribution in [3.8, 4) is 0 Å². The van der Waals surface area contributed by atoms with Gasteiger partial charge in [0.1, 0.15) is 0 Å². The highest BCUT2D eigenvalue weighted by Crippen LogP contribution is 2.31. The zero-order valence-corrected chi connectivity index (χ0v) is 13.4. The average Bonchev–Trinajstić information content (AvgIpc) is 2.97. The van der Waals surface area contributed by atoms with E-state index >= 15 is 0 Å². The van der Waals surface area contributed by atoms with Crippen molar-refractivity contribution in [3.05, 3.63) is 35.4 Å². The van der Waals surface area contributed by atoms with E-state index in [1.807, 2.05) is 0 Å². The Labute approximate surface area is 129 Å². The van der Waals surface area contributed by atoms with Crippen LogP contribution >= 0.6 is 0 Å². The van der Waals surface area contributed by atoms with Gasteiger partial charge in [-0.3, -0.25) is 10.9 Å². The van der Waals surface area contributed by atoms with Gasteiger partial charge in [-0.05, 0) is 50.8 Å². The van der Waals surface area contributed by atoms with Crippen molar-refractivity contribution in [2.24, 2.45) is 5.92 Å². The number of aryl methyl sites for hydroxylation is 1. The van der Waals surface area contributed by atoms with E-state index in [1.165, 1.54) is 50.0 Å². The molecule has 3 atom stereocenters. The molecule has 0 amide bonds. The molecule has 2 aliphatic rings. The smallest absolute Gasteiger partial charge is 0.0334 e. The summed E-state index contributed by atoms with van der Waals surface area (Å²) in [4.78, 5) is 2.65. The molecule has 3 nitrogen and oxygen atoms in total. The van der Waals surface area contributed by atoms with Crippen LogP contribution in [0, 0.1) is 12.8 Å². The molecule has 0 spiro atoms. The number of hydrogen-bond acceptors (Lipinski definition) is 3. The van der Waals surface area contributed by atoms with E-state index in [-0.39, 0.29) is 0 Å². The lowest BCUT2D eigenvalue weighted by molar-refractivity contribution is 0.146. The number of benzene rings is 1. The summed E-state index contributed by atoms with van der Waals surface area (Å²) in [5, 5.41) is 0. The minimum atomic E-state index is 0.575. The second-order valence-corrected chi connectivity index (χ2v) is 6.77. The molecule has 1 aromatic rings. The summed E-state index contributed by atoms with van der Waals surface area (Å²) in [5.41, 5.74) is 9.86. The molecule has 0 aliphatic carbocycles. The number of hydrazine groups is 1. The maximum atomic E-state index is 3.58. The Morgan fingerprint density at radius 3 is 3.05 bits per heavy atom. The van der Waals surface area contributed by atoms with E-state index in [4.69, 9.17) is 0 Å². The number of nitrogens with one attached hydrogen (secondary N) is 2. The Kier molecular flexibility index (Phi) is 4.94. The normalized spacial score (nSPS) is 30.7. The number of hydrogen-bond donors (Lipinski definition) is 2. The lowest BCUT2D eigenvalue weighted by Crippen LogP contribution is -2.46. The highest BCUT2D eigenvalue weighted by atomic mass is 15.4. The lowest BCUT2D eigenvalue weighted by atomic mass is 9.81. The molecular weight excluding hydrogens is 258 g/mol. The van der Waals surface area contributed by atoms with Gasteiger partial charge in [-0.2, -0.15) is 0 Å². The van der Waals surface area contributed by atoms with Gasteiger partial charge in [-0.25, -0.2) is 0 Å². The first-order valence-electron chi connectivity index (χ1n) is 8.55. The van der Waals surface area contributed by atoms with Crippen LogP contribution in [0.15, 0.2) is 24.3 Å². The molecule has 0 aromatic heterocycles. The summed E-state index contributed by atoms with van der Waals surface area (Å²) in [6.45, 7) is 9.34. The average molecular weight is 287 g/mol. The lowest BCUT2D eigenvalue weighted by Gasteiger charge is -2.37. The van der Waals surface area contributed by atoms with E-state index in [2.05, 4.69) is 53.9 Å². The largest absolute Gasteiger partial charge is 0.303 e. The van der Waals surface area contributed by atoms with Crippen LogP contribution < -0.4 is 10.9 Å². The van der Waals surface area contributed by atoms with Crippen LogP contribution in [-0.4, -0.2) is 37.1 Å². The van der Waals surface area contributed by atoms with E-state index in [0.29, 0.717) is 12.0 Å². The predicted molar refractivity (Wildman–Crippen MR) is 88.3 cm³/mol. The summed E-state index contributed by atoms with van der Waals surface area (Å²) in [7, 11) is 0. The van der Waals surface area contributed by atoms with Gasteiger partial charge >= 0.3 is 0 Å². The van der Waals surface area contributed by atoms with E-state index in [9.17, 15) is 0 Å². The van der Waals surface area contributed by atoms with E-state index < -0.39 is 0 Å². The Balaban J connectivity index is 1.71. The van der Waals surface area contributed by atoms with Crippen LogP contribution in [-0.2, 0) is 0 Å². The van der Waals surface area contributed by atoms with Crippen LogP contribution in [0.5, 0.6) is 0 Å². The maximum absolute atomic E-state index is 3.58. The third-order valence-electron chi connectivity index (χ3n) is 5.08. The second-order valence-electron chi connectivity index (χ2n) is 6.77. The van der Waals surface area contributed by atoms with Crippen LogP contribution in [0.3, 0.4) is 0 Å². The molecule has 3 rings (SSSR count). The minimum absolute atomic E-state index is 0.575. The van der Waals surface area contributed by atoms with Crippen LogP contribution in [0.2, 0.25) is 0 Å². The summed E-state index contributed by atoms with van der Waals surface area (Å²) in [6.07, 6.45) is 3.98. The van der Waals surface area contributed by atoms with Crippen LogP contribution in [0.25, 0.3) is 0 Å². The SMILES string of the molecule is CCCN1CCCC(C2NNCC2c2cccc(C)c2)C1. The van der Waals surface area contributed by atoms with Crippen molar-refractivity contribution < 1.29 is 0 Å². The highest BCUT2D eigenvalue weighted by molar-refractivity contribution is 5.28. The first-order chi connectivity index (χ1) is 10.3. The molecular formula is C18H29N3. The predicted octanol–water partition coefficient (Wildman–Crippen LogP) is 2.68. The highest BCUT2D eigenvalue weighted by Gasteiger charge is 2.36. The molecule has 1 aromatic carbocycles. The Morgan fingerprint density at radius 1 is 1.33 bits per heavy atom. The standard InChI is InChI=1S/C18H29N3/c1-3-9-21-10-5-8-16(13-21)18-17(12-19-20-18)15-7-4-6-14(2)11-15/h4,6-7,11,16-20H,3,5,8-10,12-13H2,1-2H3. The summed E-state index contributed by atoms with van der Waals surface area (Å²) < 4.78 is 0. The number of piperidine rings is 1. The van der Waals surface area contributed by atoms with Gasteiger partial charge in [-0.15, -0.1) is 0 Å². The Hall–Kier alpha value is -0.900. The molecule has 2 fully saturated rings. The third-order valence-corrected chi connectivity index (χ3v) is 5.08. The zero-order chi connectivity index (χ0) is 14.7. The second kappa shape index (κ2) is 6.91. The molecule has 3 heteroatoms. The fraction of sp³-hybridized carbons (Fsp3) is 0.667. The van der Waals surface area contributed by atoms with Gasteiger partial charge < -0.3 is 4.90 Å². The fourth-order valence-electron chi connectivity index (χ4n) is 4.09. The van der Waals surface area contributed by atoms with Gasteiger partial charge in [0.25, 0.3) is 0 Å². The van der Waals surface area contributed by atoms with Crippen molar-refractivity contribution in [2.75, 3.05) is 26.2 Å². The van der Waals surface area contributed by atoms with Gasteiger partial charge in [-0.1, -0.05) is 36.8 Å². The summed E-state index contributed by atoms with van der Waals surface area (Å²) in [5.74, 6) is 1.38. The molecule has 2 heterocycles. The maximum Gasteiger partial charge on any atom is 0.0334 e. The first kappa shape index (κ1) is 15.0. The fourth-order valence-corrected chi connectivity index (χ4v) is 4.09. The minimum Gasteiger partial charge on any atom is -0.303 e. The number of rotatable bonds is 4. The Bertz CT molecular complexity index is 458. The molecule has 0 bridgehead atoms. The molecule has 2 aliphatic heterocycles. The molecule has 0 radical (unpaired) electrons. The monoisotopic (exact) mass is 287 g/mol. The molecule has 0 saturated carbocycles. The molecule has 21 heavy (non-hydrogen) atoms. The van der Waals surface area contributed by atoms with Crippen molar-refractivity contribution in [2.45, 2.75) is 45.1 Å². The molecule has 2 saturated heterocycles. The van der Waals surface area contributed by atoms with Gasteiger partial charge in [0, 0.05) is 25.0 Å². The number of nitrogens with zero attached hydrogens (tertiary/aromatic N) is 1. The van der Waals surface area contributed by atoms with Crippen molar-refractivity contribution in [3.63, 3.8) is 0 Å². The Morgan fingerprint density at radius 2 is 2.24 bits per heavy atom. The quantitative estimate of drug-likeness (QED) is 0.891. The van der Waals surface area contributed by atoms with E-state index in [1.54, 1.807) is 0 Å². The zero-order valence-electron chi connectivity index (χ0n) is 13.4.